The molecular weight excluding hydrogens is 373 g/mol. The summed E-state index contributed by atoms with van der Waals surface area (Å²) in [6, 6.07) is 14.7. The molecular formula is C16H14BrCl2NO. The molecule has 0 bridgehead atoms. The van der Waals surface area contributed by atoms with Crippen molar-refractivity contribution in [3.8, 4) is 0 Å². The van der Waals surface area contributed by atoms with Gasteiger partial charge in [0.05, 0.1) is 10.6 Å². The maximum absolute atomic E-state index is 12.4. The van der Waals surface area contributed by atoms with Crippen LogP contribution in [0.5, 0.6) is 0 Å². The summed E-state index contributed by atoms with van der Waals surface area (Å²) in [5.41, 5.74) is 0.853. The molecule has 2 aromatic rings. The third-order valence-corrected chi connectivity index (χ3v) is 5.00. The van der Waals surface area contributed by atoms with Crippen LogP contribution in [0.4, 0.5) is 0 Å². The van der Waals surface area contributed by atoms with Crippen molar-refractivity contribution in [3.05, 3.63) is 69.2 Å². The van der Waals surface area contributed by atoms with Crippen LogP contribution in [0.2, 0.25) is 5.02 Å². The first-order chi connectivity index (χ1) is 9.96. The maximum atomic E-state index is 12.4. The smallest absolute Gasteiger partial charge is 0.252 e. The molecule has 0 spiro atoms. The molecule has 2 rings (SSSR count). The third kappa shape index (κ3) is 3.79. The van der Waals surface area contributed by atoms with Crippen molar-refractivity contribution >= 4 is 45.0 Å². The maximum Gasteiger partial charge on any atom is 0.252 e. The van der Waals surface area contributed by atoms with Crippen LogP contribution in [0.25, 0.3) is 0 Å². The highest BCUT2D eigenvalue weighted by atomic mass is 79.9. The van der Waals surface area contributed by atoms with Crippen molar-refractivity contribution in [1.82, 2.24) is 5.32 Å². The van der Waals surface area contributed by atoms with E-state index in [1.54, 1.807) is 18.2 Å². The number of halogens is 3. The number of benzene rings is 2. The number of hydrogen-bond donors (Lipinski definition) is 1. The van der Waals surface area contributed by atoms with Crippen molar-refractivity contribution in [1.29, 1.82) is 0 Å². The number of carbonyl (C=O) groups is 1. The average Bonchev–Trinajstić information content (AvgIpc) is 2.50. The summed E-state index contributed by atoms with van der Waals surface area (Å²) in [4.78, 5) is 12.4. The van der Waals surface area contributed by atoms with Crippen LogP contribution in [0.3, 0.4) is 0 Å². The van der Waals surface area contributed by atoms with E-state index >= 15 is 0 Å². The minimum absolute atomic E-state index is 0.195. The predicted molar refractivity (Wildman–Crippen MR) is 91.1 cm³/mol. The molecule has 0 aromatic heterocycles. The van der Waals surface area contributed by atoms with Crippen LogP contribution in [-0.2, 0) is 5.54 Å². The molecule has 1 amide bonds. The van der Waals surface area contributed by atoms with E-state index in [0.717, 1.165) is 5.56 Å². The second kappa shape index (κ2) is 6.82. The molecule has 0 heterocycles. The fraction of sp³-hybridized carbons (Fsp3) is 0.188. The van der Waals surface area contributed by atoms with E-state index in [9.17, 15) is 4.79 Å². The van der Waals surface area contributed by atoms with E-state index in [-0.39, 0.29) is 11.8 Å². The standard InChI is InChI=1S/C16H14BrCl2NO/c1-16(10-18,12-5-3-2-4-6-12)20-15(21)11-7-8-14(19)13(17)9-11/h2-9H,10H2,1H3,(H,20,21). The molecule has 1 N–H and O–H groups in total. The lowest BCUT2D eigenvalue weighted by atomic mass is 9.93. The first-order valence-electron chi connectivity index (χ1n) is 6.35. The zero-order chi connectivity index (χ0) is 15.5. The number of amides is 1. The number of nitrogens with one attached hydrogen (secondary N) is 1. The summed E-state index contributed by atoms with van der Waals surface area (Å²) < 4.78 is 0.684. The van der Waals surface area contributed by atoms with Gasteiger partial charge in [-0.3, -0.25) is 4.79 Å². The Hall–Kier alpha value is -1.03. The molecule has 21 heavy (non-hydrogen) atoms. The van der Waals surface area contributed by atoms with Gasteiger partial charge in [-0.2, -0.15) is 0 Å². The fourth-order valence-corrected chi connectivity index (χ4v) is 2.67. The third-order valence-electron chi connectivity index (χ3n) is 3.25. The minimum Gasteiger partial charge on any atom is -0.342 e. The molecule has 5 heteroatoms. The highest BCUT2D eigenvalue weighted by molar-refractivity contribution is 9.10. The normalized spacial score (nSPS) is 13.5. The van der Waals surface area contributed by atoms with E-state index < -0.39 is 5.54 Å². The Balaban J connectivity index is 2.26. The Kier molecular flexibility index (Phi) is 5.31. The van der Waals surface area contributed by atoms with E-state index in [1.165, 1.54) is 0 Å². The lowest BCUT2D eigenvalue weighted by molar-refractivity contribution is 0.0913. The van der Waals surface area contributed by atoms with Gasteiger partial charge in [0.2, 0.25) is 0 Å². The number of alkyl halides is 1. The minimum atomic E-state index is -0.633. The highest BCUT2D eigenvalue weighted by Gasteiger charge is 2.28. The van der Waals surface area contributed by atoms with Gasteiger partial charge in [-0.1, -0.05) is 41.9 Å². The molecule has 2 aromatic carbocycles. The molecule has 0 saturated carbocycles. The van der Waals surface area contributed by atoms with Crippen molar-refractivity contribution in [2.75, 3.05) is 5.88 Å². The summed E-state index contributed by atoms with van der Waals surface area (Å²) in [6.45, 7) is 1.90. The van der Waals surface area contributed by atoms with Crippen molar-refractivity contribution in [2.24, 2.45) is 0 Å². The number of carbonyl (C=O) groups excluding carboxylic acids is 1. The van der Waals surface area contributed by atoms with Gasteiger partial charge in [-0.25, -0.2) is 0 Å². The Morgan fingerprint density at radius 2 is 1.90 bits per heavy atom. The Morgan fingerprint density at radius 3 is 2.48 bits per heavy atom. The summed E-state index contributed by atoms with van der Waals surface area (Å²) in [5.74, 6) is 0.0803. The van der Waals surface area contributed by atoms with Gasteiger partial charge in [0.15, 0.2) is 0 Å². The zero-order valence-electron chi connectivity index (χ0n) is 11.4. The van der Waals surface area contributed by atoms with Gasteiger partial charge >= 0.3 is 0 Å². The predicted octanol–water partition coefficient (Wildman–Crippen LogP) is 4.99. The van der Waals surface area contributed by atoms with Crippen LogP contribution in [0, 0.1) is 0 Å². The summed E-state index contributed by atoms with van der Waals surface area (Å²) >= 11 is 15.3. The second-order valence-electron chi connectivity index (χ2n) is 4.91. The summed E-state index contributed by atoms with van der Waals surface area (Å²) in [6.07, 6.45) is 0. The largest absolute Gasteiger partial charge is 0.342 e. The lowest BCUT2D eigenvalue weighted by Crippen LogP contribution is -2.45. The highest BCUT2D eigenvalue weighted by Crippen LogP contribution is 2.25. The van der Waals surface area contributed by atoms with Crippen molar-refractivity contribution < 1.29 is 4.79 Å². The van der Waals surface area contributed by atoms with E-state index in [0.29, 0.717) is 15.1 Å². The van der Waals surface area contributed by atoms with Crippen LogP contribution >= 0.6 is 39.1 Å². The van der Waals surface area contributed by atoms with E-state index in [2.05, 4.69) is 21.2 Å². The Bertz CT molecular complexity index is 648. The van der Waals surface area contributed by atoms with Crippen molar-refractivity contribution in [3.63, 3.8) is 0 Å². The van der Waals surface area contributed by atoms with Gasteiger partial charge in [-0.05, 0) is 46.6 Å². The number of rotatable bonds is 4. The molecule has 0 aliphatic rings. The van der Waals surface area contributed by atoms with Crippen LogP contribution in [-0.4, -0.2) is 11.8 Å². The Labute approximate surface area is 142 Å². The van der Waals surface area contributed by atoms with Crippen LogP contribution < -0.4 is 5.32 Å². The molecule has 2 nitrogen and oxygen atoms in total. The molecule has 0 aliphatic carbocycles. The molecule has 0 radical (unpaired) electrons. The molecule has 0 fully saturated rings. The Morgan fingerprint density at radius 1 is 1.24 bits per heavy atom. The van der Waals surface area contributed by atoms with Gasteiger partial charge in [0.1, 0.15) is 0 Å². The molecule has 110 valence electrons. The zero-order valence-corrected chi connectivity index (χ0v) is 14.5. The monoisotopic (exact) mass is 385 g/mol. The fourth-order valence-electron chi connectivity index (χ4n) is 1.95. The van der Waals surface area contributed by atoms with E-state index in [1.807, 2.05) is 37.3 Å². The lowest BCUT2D eigenvalue weighted by Gasteiger charge is -2.29. The van der Waals surface area contributed by atoms with Gasteiger partial charge in [-0.15, -0.1) is 11.6 Å². The topological polar surface area (TPSA) is 29.1 Å². The van der Waals surface area contributed by atoms with Gasteiger partial charge in [0, 0.05) is 15.9 Å². The number of hydrogen-bond acceptors (Lipinski definition) is 1. The van der Waals surface area contributed by atoms with Crippen molar-refractivity contribution in [2.45, 2.75) is 12.5 Å². The first kappa shape index (κ1) is 16.3. The molecule has 1 atom stereocenters. The van der Waals surface area contributed by atoms with Crippen LogP contribution in [0.1, 0.15) is 22.8 Å². The molecule has 1 unspecified atom stereocenters. The SMILES string of the molecule is CC(CCl)(NC(=O)c1ccc(Cl)c(Br)c1)c1ccccc1. The molecule has 0 aliphatic heterocycles. The van der Waals surface area contributed by atoms with E-state index in [4.69, 9.17) is 23.2 Å². The second-order valence-corrected chi connectivity index (χ2v) is 6.44. The van der Waals surface area contributed by atoms with Gasteiger partial charge in [0.25, 0.3) is 5.91 Å². The summed E-state index contributed by atoms with van der Waals surface area (Å²) in [5, 5.41) is 3.55. The quantitative estimate of drug-likeness (QED) is 0.737. The molecule has 0 saturated heterocycles. The first-order valence-corrected chi connectivity index (χ1v) is 8.06. The average molecular weight is 387 g/mol. The summed E-state index contributed by atoms with van der Waals surface area (Å²) in [7, 11) is 0. The van der Waals surface area contributed by atoms with Gasteiger partial charge < -0.3 is 5.32 Å². The van der Waals surface area contributed by atoms with Crippen LogP contribution in [0.15, 0.2) is 53.0 Å².